The van der Waals surface area contributed by atoms with Crippen LogP contribution in [0.1, 0.15) is 96.1 Å². The molecule has 2 atom stereocenters. The fourth-order valence-electron chi connectivity index (χ4n) is 7.28. The van der Waals surface area contributed by atoms with Gasteiger partial charge in [-0.05, 0) is 113 Å². The van der Waals surface area contributed by atoms with Gasteiger partial charge in [0, 0.05) is 25.4 Å². The molecule has 4 heteroatoms. The molecular weight excluding hydrogens is 406 g/mol. The summed E-state index contributed by atoms with van der Waals surface area (Å²) in [7, 11) is 1.81. The Morgan fingerprint density at radius 2 is 1.79 bits per heavy atom. The number of nitrogens with zero attached hydrogens (tertiary/aromatic N) is 3. The van der Waals surface area contributed by atoms with Crippen LogP contribution < -0.4 is 4.90 Å². The van der Waals surface area contributed by atoms with E-state index < -0.39 is 0 Å². The largest absolute Gasteiger partial charge is 0.383 e. The summed E-state index contributed by atoms with van der Waals surface area (Å²) in [4.78, 5) is 10.2. The molecule has 2 aliphatic carbocycles. The molecule has 184 valence electrons. The van der Waals surface area contributed by atoms with Crippen molar-refractivity contribution in [2.45, 2.75) is 109 Å². The minimum absolute atomic E-state index is 0.494. The lowest BCUT2D eigenvalue weighted by atomic mass is 9.70. The van der Waals surface area contributed by atoms with E-state index in [-0.39, 0.29) is 0 Å². The third-order valence-electron chi connectivity index (χ3n) is 10.1. The molecule has 4 nitrogen and oxygen atoms in total. The van der Waals surface area contributed by atoms with Gasteiger partial charge in [0.1, 0.15) is 0 Å². The summed E-state index contributed by atoms with van der Waals surface area (Å²) in [6, 6.07) is 6.04. The smallest absolute Gasteiger partial charge is 0.0666 e. The van der Waals surface area contributed by atoms with Crippen molar-refractivity contribution in [2.24, 2.45) is 10.8 Å². The molecule has 0 aromatic carbocycles. The van der Waals surface area contributed by atoms with E-state index in [1.807, 2.05) is 7.11 Å². The molecule has 5 rings (SSSR count). The molecule has 0 radical (unpaired) electrons. The van der Waals surface area contributed by atoms with Crippen LogP contribution in [-0.2, 0) is 11.2 Å². The van der Waals surface area contributed by atoms with E-state index in [2.05, 4.69) is 35.1 Å². The van der Waals surface area contributed by atoms with Crippen molar-refractivity contribution in [3.05, 3.63) is 24.0 Å². The topological polar surface area (TPSA) is 28.6 Å². The molecule has 0 amide bonds. The SMILES string of the molecule is COC[C@@H]1CCCN1c1ccc(CCC2(C)CCCC3(CCN(C4CCC4)CC3)CC2)nc1. The Morgan fingerprint density at radius 1 is 0.939 bits per heavy atom. The number of anilines is 1. The zero-order valence-electron chi connectivity index (χ0n) is 21.4. The van der Waals surface area contributed by atoms with Crippen molar-refractivity contribution in [2.75, 3.05) is 38.3 Å². The van der Waals surface area contributed by atoms with Gasteiger partial charge in [0.2, 0.25) is 0 Å². The lowest BCUT2D eigenvalue weighted by Crippen LogP contribution is -2.47. The molecule has 0 bridgehead atoms. The summed E-state index contributed by atoms with van der Waals surface area (Å²) in [5.41, 5.74) is 3.70. The molecule has 2 aliphatic heterocycles. The molecule has 3 heterocycles. The summed E-state index contributed by atoms with van der Waals surface area (Å²) in [6.07, 6.45) is 21.5. The number of piperidine rings is 1. The predicted octanol–water partition coefficient (Wildman–Crippen LogP) is 6.23. The van der Waals surface area contributed by atoms with Crippen LogP contribution in [-0.4, -0.2) is 55.3 Å². The van der Waals surface area contributed by atoms with E-state index in [0.717, 1.165) is 25.6 Å². The number of hydrogen-bond acceptors (Lipinski definition) is 4. The van der Waals surface area contributed by atoms with Crippen molar-refractivity contribution in [3.8, 4) is 0 Å². The molecule has 4 fully saturated rings. The molecule has 0 N–H and O–H groups in total. The molecule has 1 spiro atoms. The van der Waals surface area contributed by atoms with E-state index in [4.69, 9.17) is 9.72 Å². The highest BCUT2D eigenvalue weighted by Gasteiger charge is 2.41. The predicted molar refractivity (Wildman–Crippen MR) is 137 cm³/mol. The molecule has 2 saturated heterocycles. The van der Waals surface area contributed by atoms with Crippen molar-refractivity contribution < 1.29 is 4.74 Å². The highest BCUT2D eigenvalue weighted by atomic mass is 16.5. The van der Waals surface area contributed by atoms with Crippen LogP contribution in [0.5, 0.6) is 0 Å². The highest BCUT2D eigenvalue weighted by Crippen LogP contribution is 2.50. The van der Waals surface area contributed by atoms with Gasteiger partial charge in [0.25, 0.3) is 0 Å². The average molecular weight is 454 g/mol. The van der Waals surface area contributed by atoms with E-state index in [1.165, 1.54) is 108 Å². The van der Waals surface area contributed by atoms with Gasteiger partial charge in [-0.3, -0.25) is 4.98 Å². The maximum Gasteiger partial charge on any atom is 0.0666 e. The van der Waals surface area contributed by atoms with Crippen molar-refractivity contribution in [1.82, 2.24) is 9.88 Å². The van der Waals surface area contributed by atoms with Crippen LogP contribution in [0.15, 0.2) is 18.3 Å². The summed E-state index contributed by atoms with van der Waals surface area (Å²) in [5, 5.41) is 0. The summed E-state index contributed by atoms with van der Waals surface area (Å²) >= 11 is 0. The third kappa shape index (κ3) is 5.42. The maximum atomic E-state index is 5.43. The Bertz CT molecular complexity index is 753. The summed E-state index contributed by atoms with van der Waals surface area (Å²) < 4.78 is 5.43. The van der Waals surface area contributed by atoms with Gasteiger partial charge < -0.3 is 14.5 Å². The first kappa shape index (κ1) is 23.6. The van der Waals surface area contributed by atoms with Gasteiger partial charge in [-0.2, -0.15) is 0 Å². The Labute approximate surface area is 202 Å². The number of likely N-dealkylation sites (tertiary alicyclic amines) is 1. The minimum atomic E-state index is 0.494. The van der Waals surface area contributed by atoms with E-state index >= 15 is 0 Å². The molecule has 2 saturated carbocycles. The fraction of sp³-hybridized carbons (Fsp3) is 0.828. The second-order valence-electron chi connectivity index (χ2n) is 12.2. The lowest BCUT2D eigenvalue weighted by Gasteiger charge is -2.47. The monoisotopic (exact) mass is 453 g/mol. The quantitative estimate of drug-likeness (QED) is 0.489. The zero-order valence-corrected chi connectivity index (χ0v) is 21.4. The number of aromatic nitrogens is 1. The standard InChI is InChI=1S/C29H47N3O/c1-28(12-5-13-29(16-15-28)17-20-31(21-18-29)25-6-3-7-25)14-11-24-9-10-26(22-30-24)32-19-4-8-27(32)23-33-2/h9-10,22,25,27H,3-8,11-21,23H2,1-2H3/t27-,28?/m0/s1. The Kier molecular flexibility index (Phi) is 7.32. The fourth-order valence-corrected chi connectivity index (χ4v) is 7.28. The zero-order chi connectivity index (χ0) is 22.7. The van der Waals surface area contributed by atoms with Gasteiger partial charge in [0.05, 0.1) is 24.5 Å². The first-order valence-corrected chi connectivity index (χ1v) is 14.0. The molecule has 1 aromatic heterocycles. The van der Waals surface area contributed by atoms with E-state index in [0.29, 0.717) is 16.9 Å². The summed E-state index contributed by atoms with van der Waals surface area (Å²) in [5.74, 6) is 0. The van der Waals surface area contributed by atoms with E-state index in [1.54, 1.807) is 0 Å². The second kappa shape index (κ2) is 10.2. The van der Waals surface area contributed by atoms with Crippen LogP contribution in [0.4, 0.5) is 5.69 Å². The lowest BCUT2D eigenvalue weighted by molar-refractivity contribution is 0.0334. The van der Waals surface area contributed by atoms with Crippen molar-refractivity contribution >= 4 is 5.69 Å². The third-order valence-corrected chi connectivity index (χ3v) is 10.1. The number of rotatable bonds is 7. The van der Waals surface area contributed by atoms with Gasteiger partial charge in [-0.25, -0.2) is 0 Å². The van der Waals surface area contributed by atoms with Gasteiger partial charge in [-0.15, -0.1) is 0 Å². The first-order valence-electron chi connectivity index (χ1n) is 14.0. The molecular formula is C29H47N3O. The second-order valence-corrected chi connectivity index (χ2v) is 12.2. The van der Waals surface area contributed by atoms with Crippen LogP contribution in [0.2, 0.25) is 0 Å². The Hall–Kier alpha value is -1.13. The average Bonchev–Trinajstić information content (AvgIpc) is 3.19. The minimum Gasteiger partial charge on any atom is -0.383 e. The Morgan fingerprint density at radius 3 is 2.48 bits per heavy atom. The Balaban J connectivity index is 1.12. The van der Waals surface area contributed by atoms with Crippen LogP contribution >= 0.6 is 0 Å². The molecule has 1 aromatic rings. The maximum absolute atomic E-state index is 5.43. The molecule has 33 heavy (non-hydrogen) atoms. The number of pyridine rings is 1. The van der Waals surface area contributed by atoms with Gasteiger partial charge in [-0.1, -0.05) is 19.8 Å². The van der Waals surface area contributed by atoms with Gasteiger partial charge >= 0.3 is 0 Å². The number of hydrogen-bond donors (Lipinski definition) is 0. The summed E-state index contributed by atoms with van der Waals surface area (Å²) in [6.45, 7) is 7.27. The van der Waals surface area contributed by atoms with Crippen molar-refractivity contribution in [1.29, 1.82) is 0 Å². The number of methoxy groups -OCH3 is 1. The first-order chi connectivity index (χ1) is 16.1. The van der Waals surface area contributed by atoms with Crippen LogP contribution in [0.3, 0.4) is 0 Å². The number of aryl methyl sites for hydroxylation is 1. The van der Waals surface area contributed by atoms with Crippen LogP contribution in [0, 0.1) is 10.8 Å². The van der Waals surface area contributed by atoms with Crippen molar-refractivity contribution in [3.63, 3.8) is 0 Å². The molecule has 1 unspecified atom stereocenters. The van der Waals surface area contributed by atoms with Gasteiger partial charge in [0.15, 0.2) is 0 Å². The van der Waals surface area contributed by atoms with Crippen LogP contribution in [0.25, 0.3) is 0 Å². The van der Waals surface area contributed by atoms with E-state index in [9.17, 15) is 0 Å². The highest BCUT2D eigenvalue weighted by molar-refractivity contribution is 5.46. The number of ether oxygens (including phenoxy) is 1. The normalized spacial score (nSPS) is 31.0. The molecule has 4 aliphatic rings.